The Labute approximate surface area is 150 Å². The van der Waals surface area contributed by atoms with Crippen molar-refractivity contribution in [1.82, 2.24) is 5.32 Å². The fourth-order valence-corrected chi connectivity index (χ4v) is 3.26. The van der Waals surface area contributed by atoms with Crippen LogP contribution in [0, 0.1) is 10.1 Å². The van der Waals surface area contributed by atoms with Gasteiger partial charge in [0.25, 0.3) is 5.69 Å². The van der Waals surface area contributed by atoms with E-state index >= 15 is 0 Å². The van der Waals surface area contributed by atoms with Gasteiger partial charge >= 0.3 is 0 Å². The normalized spacial score (nSPS) is 11.7. The summed E-state index contributed by atoms with van der Waals surface area (Å²) >= 11 is 1.63. The summed E-state index contributed by atoms with van der Waals surface area (Å²) in [5, 5.41) is 23.2. The number of para-hydroxylation sites is 1. The molecule has 2 rings (SSSR count). The molecule has 25 heavy (non-hydrogen) atoms. The van der Waals surface area contributed by atoms with Crippen LogP contribution in [-0.2, 0) is 11.3 Å². The van der Waals surface area contributed by atoms with Gasteiger partial charge in [-0.1, -0.05) is 25.1 Å². The number of thioether (sulfide) groups is 1. The number of carbonyl (C=O) groups excluding carboxylic acids is 1. The van der Waals surface area contributed by atoms with Crippen molar-refractivity contribution in [3.8, 4) is 5.75 Å². The Bertz CT molecular complexity index is 734. The van der Waals surface area contributed by atoms with Crippen molar-refractivity contribution in [2.45, 2.75) is 36.5 Å². The summed E-state index contributed by atoms with van der Waals surface area (Å²) in [6.45, 7) is 2.18. The van der Waals surface area contributed by atoms with Gasteiger partial charge in [-0.2, -0.15) is 0 Å². The van der Waals surface area contributed by atoms with Gasteiger partial charge in [-0.25, -0.2) is 0 Å². The average Bonchev–Trinajstić information content (AvgIpc) is 2.60. The van der Waals surface area contributed by atoms with Crippen LogP contribution >= 0.6 is 11.8 Å². The molecule has 1 unspecified atom stereocenters. The van der Waals surface area contributed by atoms with Crippen molar-refractivity contribution in [2.75, 3.05) is 0 Å². The van der Waals surface area contributed by atoms with E-state index in [1.54, 1.807) is 42.1 Å². The highest BCUT2D eigenvalue weighted by molar-refractivity contribution is 7.99. The lowest BCUT2D eigenvalue weighted by Crippen LogP contribution is -2.23. The number of carbonyl (C=O) groups is 1. The number of nitrogens with one attached hydrogen (secondary N) is 1. The van der Waals surface area contributed by atoms with E-state index in [1.165, 1.54) is 6.07 Å². The molecule has 0 aliphatic heterocycles. The first-order valence-corrected chi connectivity index (χ1v) is 8.78. The maximum Gasteiger partial charge on any atom is 0.274 e. The highest BCUT2D eigenvalue weighted by Crippen LogP contribution is 2.27. The van der Waals surface area contributed by atoms with Gasteiger partial charge in [0.05, 0.1) is 4.92 Å². The lowest BCUT2D eigenvalue weighted by atomic mass is 10.1. The number of nitro groups is 1. The molecular formula is C18H20N2O4S. The number of benzene rings is 2. The van der Waals surface area contributed by atoms with Crippen LogP contribution in [0.2, 0.25) is 0 Å². The highest BCUT2D eigenvalue weighted by atomic mass is 32.2. The van der Waals surface area contributed by atoms with E-state index in [9.17, 15) is 20.0 Å². The molecule has 1 atom stereocenters. The maximum atomic E-state index is 12.0. The molecule has 1 amide bonds. The molecule has 0 fully saturated rings. The zero-order chi connectivity index (χ0) is 18.2. The summed E-state index contributed by atoms with van der Waals surface area (Å²) in [7, 11) is 0. The summed E-state index contributed by atoms with van der Waals surface area (Å²) in [6.07, 6.45) is 1.04. The molecule has 0 aliphatic carbocycles. The largest absolute Gasteiger partial charge is 0.508 e. The molecule has 2 aromatic rings. The molecular weight excluding hydrogens is 340 g/mol. The fraction of sp³-hybridized carbons (Fsp3) is 0.278. The van der Waals surface area contributed by atoms with E-state index in [0.717, 1.165) is 4.90 Å². The van der Waals surface area contributed by atoms with Gasteiger partial charge in [0.1, 0.15) is 5.75 Å². The Hall–Kier alpha value is -2.54. The smallest absolute Gasteiger partial charge is 0.274 e. The van der Waals surface area contributed by atoms with Crippen LogP contribution in [0.4, 0.5) is 5.69 Å². The number of nitro benzene ring substituents is 1. The molecule has 2 aromatic carbocycles. The number of hydrogen-bond acceptors (Lipinski definition) is 5. The number of nitrogens with zero attached hydrogens (tertiary/aromatic N) is 1. The molecule has 0 aliphatic rings. The monoisotopic (exact) mass is 360 g/mol. The van der Waals surface area contributed by atoms with E-state index in [-0.39, 0.29) is 29.1 Å². The summed E-state index contributed by atoms with van der Waals surface area (Å²) in [5.41, 5.74) is 0.506. The minimum atomic E-state index is -0.447. The minimum absolute atomic E-state index is 0.0130. The van der Waals surface area contributed by atoms with Gasteiger partial charge in [0, 0.05) is 34.7 Å². The zero-order valence-electron chi connectivity index (χ0n) is 13.8. The molecule has 6 nitrogen and oxygen atoms in total. The number of rotatable bonds is 8. The van der Waals surface area contributed by atoms with Crippen LogP contribution in [0.15, 0.2) is 53.4 Å². The zero-order valence-corrected chi connectivity index (χ0v) is 14.7. The quantitative estimate of drug-likeness (QED) is 0.423. The molecule has 0 heterocycles. The highest BCUT2D eigenvalue weighted by Gasteiger charge is 2.13. The molecule has 0 aromatic heterocycles. The van der Waals surface area contributed by atoms with Crippen LogP contribution in [0.3, 0.4) is 0 Å². The molecule has 7 heteroatoms. The van der Waals surface area contributed by atoms with Gasteiger partial charge in [0.2, 0.25) is 5.91 Å². The number of hydrogen-bond donors (Lipinski definition) is 2. The second-order valence-electron chi connectivity index (χ2n) is 5.62. The van der Waals surface area contributed by atoms with Crippen molar-refractivity contribution < 1.29 is 14.8 Å². The summed E-state index contributed by atoms with van der Waals surface area (Å²) in [6, 6.07) is 13.3. The Balaban J connectivity index is 1.77. The Morgan fingerprint density at radius 2 is 1.92 bits per heavy atom. The third-order valence-corrected chi connectivity index (χ3v) is 4.80. The molecule has 0 saturated carbocycles. The number of aromatic hydroxyl groups is 1. The van der Waals surface area contributed by atoms with Crippen molar-refractivity contribution in [3.05, 3.63) is 64.2 Å². The Morgan fingerprint density at radius 1 is 1.24 bits per heavy atom. The second kappa shape index (κ2) is 9.08. The van der Waals surface area contributed by atoms with E-state index in [1.807, 2.05) is 19.1 Å². The predicted octanol–water partition coefficient (Wildman–Crippen LogP) is 3.88. The third-order valence-electron chi connectivity index (χ3n) is 3.62. The van der Waals surface area contributed by atoms with Crippen molar-refractivity contribution in [2.24, 2.45) is 0 Å². The number of phenolic OH excluding ortho intramolecular Hbond substituents is 1. The third kappa shape index (κ3) is 6.11. The first kappa shape index (κ1) is 18.8. The van der Waals surface area contributed by atoms with Gasteiger partial charge < -0.3 is 10.4 Å². The van der Waals surface area contributed by atoms with E-state index in [4.69, 9.17) is 0 Å². The van der Waals surface area contributed by atoms with Crippen LogP contribution < -0.4 is 5.32 Å². The van der Waals surface area contributed by atoms with Gasteiger partial charge in [-0.3, -0.25) is 14.9 Å². The molecule has 0 radical (unpaired) electrons. The minimum Gasteiger partial charge on any atom is -0.508 e. The maximum absolute atomic E-state index is 12.0. The first-order valence-electron chi connectivity index (χ1n) is 7.90. The van der Waals surface area contributed by atoms with Gasteiger partial charge in [-0.05, 0) is 30.7 Å². The molecule has 0 spiro atoms. The average molecular weight is 360 g/mol. The van der Waals surface area contributed by atoms with Crippen LogP contribution in [-0.4, -0.2) is 21.2 Å². The molecule has 2 N–H and O–H groups in total. The second-order valence-corrected chi connectivity index (χ2v) is 7.14. The SMILES string of the molecule is CC(CCC(=O)NCc1ccccc1[N+](=O)[O-])Sc1ccc(O)cc1. The van der Waals surface area contributed by atoms with Crippen LogP contribution in [0.1, 0.15) is 25.3 Å². The number of amides is 1. The van der Waals surface area contributed by atoms with Gasteiger partial charge in [0.15, 0.2) is 0 Å². The Kier molecular flexibility index (Phi) is 6.82. The lowest BCUT2D eigenvalue weighted by molar-refractivity contribution is -0.385. The topological polar surface area (TPSA) is 92.5 Å². The van der Waals surface area contributed by atoms with Crippen LogP contribution in [0.25, 0.3) is 0 Å². The van der Waals surface area contributed by atoms with Crippen LogP contribution in [0.5, 0.6) is 5.75 Å². The standard InChI is InChI=1S/C18H20N2O4S/c1-13(25-16-9-7-15(21)8-10-16)6-11-18(22)19-12-14-4-2-3-5-17(14)20(23)24/h2-5,7-10,13,21H,6,11-12H2,1H3,(H,19,22). The molecule has 0 saturated heterocycles. The van der Waals surface area contributed by atoms with E-state index in [2.05, 4.69) is 5.32 Å². The lowest BCUT2D eigenvalue weighted by Gasteiger charge is -2.11. The van der Waals surface area contributed by atoms with Gasteiger partial charge in [-0.15, -0.1) is 11.8 Å². The summed E-state index contributed by atoms with van der Waals surface area (Å²) in [5.74, 6) is 0.0997. The Morgan fingerprint density at radius 3 is 2.60 bits per heavy atom. The first-order chi connectivity index (χ1) is 12.0. The molecule has 132 valence electrons. The van der Waals surface area contributed by atoms with Crippen molar-refractivity contribution >= 4 is 23.4 Å². The summed E-state index contributed by atoms with van der Waals surface area (Å²) in [4.78, 5) is 23.5. The predicted molar refractivity (Wildman–Crippen MR) is 97.6 cm³/mol. The van der Waals surface area contributed by atoms with Crippen molar-refractivity contribution in [1.29, 1.82) is 0 Å². The number of phenols is 1. The van der Waals surface area contributed by atoms with E-state index < -0.39 is 4.92 Å². The fourth-order valence-electron chi connectivity index (χ4n) is 2.27. The molecule has 0 bridgehead atoms. The van der Waals surface area contributed by atoms with Crippen molar-refractivity contribution in [3.63, 3.8) is 0 Å². The van der Waals surface area contributed by atoms with E-state index in [0.29, 0.717) is 18.4 Å². The summed E-state index contributed by atoms with van der Waals surface area (Å²) < 4.78 is 0.